The summed E-state index contributed by atoms with van der Waals surface area (Å²) < 4.78 is 0. The van der Waals surface area contributed by atoms with Gasteiger partial charge in [-0.15, -0.1) is 0 Å². The average Bonchev–Trinajstić information content (AvgIpc) is 2.88. The summed E-state index contributed by atoms with van der Waals surface area (Å²) in [4.78, 5) is 34.7. The predicted octanol–water partition coefficient (Wildman–Crippen LogP) is 4.51. The van der Waals surface area contributed by atoms with E-state index in [0.717, 1.165) is 27.7 Å². The van der Waals surface area contributed by atoms with E-state index >= 15 is 0 Å². The molecule has 1 aliphatic heterocycles. The number of para-hydroxylation sites is 2. The number of carbonyl (C=O) groups excluding carboxylic acids is 2. The van der Waals surface area contributed by atoms with Gasteiger partial charge < -0.3 is 14.9 Å². The van der Waals surface area contributed by atoms with E-state index in [0.29, 0.717) is 31.7 Å². The summed E-state index contributed by atoms with van der Waals surface area (Å²) in [7, 11) is 0. The highest BCUT2D eigenvalue weighted by Crippen LogP contribution is 2.27. The fourth-order valence-electron chi connectivity index (χ4n) is 4.33. The maximum atomic E-state index is 13.6. The molecule has 0 saturated carbocycles. The zero-order chi connectivity index (χ0) is 23.7. The molecule has 2 amide bonds. The van der Waals surface area contributed by atoms with Crippen LogP contribution in [0.2, 0.25) is 0 Å². The third-order valence-corrected chi connectivity index (χ3v) is 6.28. The smallest absolute Gasteiger partial charge is 0.257 e. The van der Waals surface area contributed by atoms with E-state index in [1.54, 1.807) is 28.0 Å². The van der Waals surface area contributed by atoms with Crippen LogP contribution in [0.1, 0.15) is 26.3 Å². The summed E-state index contributed by atoms with van der Waals surface area (Å²) in [6.07, 6.45) is 0. The van der Waals surface area contributed by atoms with Gasteiger partial charge in [0, 0.05) is 37.1 Å². The van der Waals surface area contributed by atoms with Crippen molar-refractivity contribution in [2.75, 3.05) is 26.2 Å². The van der Waals surface area contributed by atoms with Crippen LogP contribution in [0, 0.1) is 6.92 Å². The maximum absolute atomic E-state index is 13.6. The quantitative estimate of drug-likeness (QED) is 0.497. The van der Waals surface area contributed by atoms with E-state index in [2.05, 4.69) is 0 Å². The van der Waals surface area contributed by atoms with Crippen LogP contribution < -0.4 is 0 Å². The van der Waals surface area contributed by atoms with Crippen LogP contribution >= 0.6 is 0 Å². The Morgan fingerprint density at radius 1 is 0.765 bits per heavy atom. The third kappa shape index (κ3) is 4.10. The molecule has 6 nitrogen and oxygen atoms in total. The Morgan fingerprint density at radius 2 is 1.35 bits per heavy atom. The molecule has 0 bridgehead atoms. The highest BCUT2D eigenvalue weighted by atomic mass is 16.3. The van der Waals surface area contributed by atoms with E-state index in [1.165, 1.54) is 6.07 Å². The summed E-state index contributed by atoms with van der Waals surface area (Å²) >= 11 is 0. The first-order valence-corrected chi connectivity index (χ1v) is 11.3. The zero-order valence-corrected chi connectivity index (χ0v) is 18.9. The van der Waals surface area contributed by atoms with E-state index in [4.69, 9.17) is 4.98 Å². The first-order chi connectivity index (χ1) is 16.5. The largest absolute Gasteiger partial charge is 0.507 e. The fraction of sp³-hybridized carbons (Fsp3) is 0.179. The number of rotatable bonds is 3. The number of fused-ring (bicyclic) bond motifs is 1. The Morgan fingerprint density at radius 3 is 2.03 bits per heavy atom. The van der Waals surface area contributed by atoms with Crippen LogP contribution in [0.25, 0.3) is 22.2 Å². The molecule has 0 spiro atoms. The van der Waals surface area contributed by atoms with Crippen LogP contribution in [0.5, 0.6) is 5.75 Å². The molecule has 0 radical (unpaired) electrons. The molecule has 5 rings (SSSR count). The summed E-state index contributed by atoms with van der Waals surface area (Å²) in [5.74, 6) is -0.319. The molecule has 1 aromatic heterocycles. The minimum atomic E-state index is -0.221. The maximum Gasteiger partial charge on any atom is 0.257 e. The van der Waals surface area contributed by atoms with Crippen molar-refractivity contribution in [3.63, 3.8) is 0 Å². The number of aromatic nitrogens is 1. The first-order valence-electron chi connectivity index (χ1n) is 11.3. The third-order valence-electron chi connectivity index (χ3n) is 6.28. The Labute approximate surface area is 198 Å². The van der Waals surface area contributed by atoms with Crippen molar-refractivity contribution < 1.29 is 14.7 Å². The van der Waals surface area contributed by atoms with Crippen molar-refractivity contribution in [3.05, 3.63) is 95.6 Å². The molecule has 170 valence electrons. The number of benzene rings is 3. The van der Waals surface area contributed by atoms with Crippen LogP contribution in [0.3, 0.4) is 0 Å². The summed E-state index contributed by atoms with van der Waals surface area (Å²) in [6.45, 7) is 3.71. The number of hydrogen-bond donors (Lipinski definition) is 1. The molecule has 2 heterocycles. The van der Waals surface area contributed by atoms with Crippen LogP contribution in [0.15, 0.2) is 78.9 Å². The molecule has 0 unspecified atom stereocenters. The molecular weight excluding hydrogens is 426 g/mol. The molecule has 1 fully saturated rings. The standard InChI is InChI=1S/C28H25N3O3/c1-19-10-12-20(13-11-19)25-18-23(21-6-2-4-8-24(21)29-25)28(34)31-16-14-30(15-17-31)27(33)22-7-3-5-9-26(22)32/h2-13,18,32H,14-17H2,1H3. The normalized spacial score (nSPS) is 13.8. The molecule has 1 aliphatic rings. The van der Waals surface area contributed by atoms with Gasteiger partial charge in [-0.25, -0.2) is 4.98 Å². The molecule has 0 aliphatic carbocycles. The van der Waals surface area contributed by atoms with E-state index in [1.807, 2.05) is 61.5 Å². The number of nitrogens with zero attached hydrogens (tertiary/aromatic N) is 3. The number of phenols is 1. The van der Waals surface area contributed by atoms with Gasteiger partial charge in [-0.05, 0) is 31.2 Å². The van der Waals surface area contributed by atoms with Gasteiger partial charge in [0.15, 0.2) is 0 Å². The molecule has 6 heteroatoms. The number of aryl methyl sites for hydroxylation is 1. The van der Waals surface area contributed by atoms with Crippen molar-refractivity contribution in [1.29, 1.82) is 0 Å². The molecule has 1 N–H and O–H groups in total. The van der Waals surface area contributed by atoms with Crippen LogP contribution in [-0.2, 0) is 0 Å². The van der Waals surface area contributed by atoms with Gasteiger partial charge in [0.2, 0.25) is 0 Å². The van der Waals surface area contributed by atoms with E-state index in [-0.39, 0.29) is 23.1 Å². The molecule has 4 aromatic rings. The lowest BCUT2D eigenvalue weighted by atomic mass is 10.0. The summed E-state index contributed by atoms with van der Waals surface area (Å²) in [5, 5.41) is 10.8. The van der Waals surface area contributed by atoms with Crippen molar-refractivity contribution in [2.24, 2.45) is 0 Å². The van der Waals surface area contributed by atoms with Crippen LogP contribution in [-0.4, -0.2) is 57.9 Å². The number of piperazine rings is 1. The first kappa shape index (κ1) is 21.6. The van der Waals surface area contributed by atoms with Gasteiger partial charge >= 0.3 is 0 Å². The highest BCUT2D eigenvalue weighted by molar-refractivity contribution is 6.07. The lowest BCUT2D eigenvalue weighted by Crippen LogP contribution is -2.50. The number of hydrogen-bond acceptors (Lipinski definition) is 4. The van der Waals surface area contributed by atoms with Gasteiger partial charge in [0.1, 0.15) is 5.75 Å². The van der Waals surface area contributed by atoms with Crippen molar-refractivity contribution in [3.8, 4) is 17.0 Å². The Kier molecular flexibility index (Phi) is 5.72. The number of carbonyl (C=O) groups is 2. The summed E-state index contributed by atoms with van der Waals surface area (Å²) in [5.41, 5.74) is 4.56. The van der Waals surface area contributed by atoms with Gasteiger partial charge in [-0.3, -0.25) is 9.59 Å². The Bertz CT molecular complexity index is 1370. The lowest BCUT2D eigenvalue weighted by molar-refractivity contribution is 0.0534. The van der Waals surface area contributed by atoms with Crippen LogP contribution in [0.4, 0.5) is 0 Å². The predicted molar refractivity (Wildman–Crippen MR) is 132 cm³/mol. The lowest BCUT2D eigenvalue weighted by Gasteiger charge is -2.35. The second-order valence-electron chi connectivity index (χ2n) is 8.54. The number of aromatic hydroxyl groups is 1. The molecule has 3 aromatic carbocycles. The molecular formula is C28H25N3O3. The second-order valence-corrected chi connectivity index (χ2v) is 8.54. The minimum Gasteiger partial charge on any atom is -0.507 e. The SMILES string of the molecule is Cc1ccc(-c2cc(C(=O)N3CCN(C(=O)c4ccccc4O)CC3)c3ccccc3n2)cc1. The van der Waals surface area contributed by atoms with E-state index in [9.17, 15) is 14.7 Å². The van der Waals surface area contributed by atoms with Gasteiger partial charge in [-0.2, -0.15) is 0 Å². The van der Waals surface area contributed by atoms with Crippen molar-refractivity contribution in [1.82, 2.24) is 14.8 Å². The van der Waals surface area contributed by atoms with Gasteiger partial charge in [-0.1, -0.05) is 60.2 Å². The number of pyridine rings is 1. The topological polar surface area (TPSA) is 73.7 Å². The van der Waals surface area contributed by atoms with E-state index < -0.39 is 0 Å². The molecule has 34 heavy (non-hydrogen) atoms. The monoisotopic (exact) mass is 451 g/mol. The van der Waals surface area contributed by atoms with Crippen molar-refractivity contribution >= 4 is 22.7 Å². The molecule has 1 saturated heterocycles. The Hall–Kier alpha value is -4.19. The Balaban J connectivity index is 1.40. The minimum absolute atomic E-state index is 0.0297. The van der Waals surface area contributed by atoms with Gasteiger partial charge in [0.25, 0.3) is 11.8 Å². The average molecular weight is 452 g/mol. The number of phenolic OH excluding ortho intramolecular Hbond substituents is 1. The summed E-state index contributed by atoms with van der Waals surface area (Å²) in [6, 6.07) is 24.2. The second kappa shape index (κ2) is 8.98. The zero-order valence-electron chi connectivity index (χ0n) is 18.9. The van der Waals surface area contributed by atoms with Crippen molar-refractivity contribution in [2.45, 2.75) is 6.92 Å². The van der Waals surface area contributed by atoms with Gasteiger partial charge in [0.05, 0.1) is 22.3 Å². The number of amides is 2. The molecule has 0 atom stereocenters. The fourth-order valence-corrected chi connectivity index (χ4v) is 4.33. The highest BCUT2D eigenvalue weighted by Gasteiger charge is 2.27.